The molecule has 2 unspecified atom stereocenters. The monoisotopic (exact) mass is 476 g/mol. The lowest BCUT2D eigenvalue weighted by Crippen LogP contribution is -2.41. The van der Waals surface area contributed by atoms with Gasteiger partial charge in [0.25, 0.3) is 13.6 Å². The maximum absolute atomic E-state index is 12.9. The zero-order valence-corrected chi connectivity index (χ0v) is 19.5. The fraction of sp³-hybridized carbons (Fsp3) is 0.778. The number of aliphatic hydroxyl groups is 1. The third kappa shape index (κ3) is 6.18. The minimum atomic E-state index is -3.86. The largest absolute Gasteiger partial charge is 0.440 e. The first-order valence-electron chi connectivity index (χ1n) is 10.2. The molecule has 1 aliphatic heterocycles. The molecule has 12 nitrogen and oxygen atoms in total. The summed E-state index contributed by atoms with van der Waals surface area (Å²) in [6, 6.07) is 0. The highest BCUT2D eigenvalue weighted by Crippen LogP contribution is 2.54. The lowest BCUT2D eigenvalue weighted by atomic mass is 10.1. The van der Waals surface area contributed by atoms with Gasteiger partial charge in [-0.25, -0.2) is 4.79 Å². The molecule has 0 saturated carbocycles. The van der Waals surface area contributed by atoms with Crippen molar-refractivity contribution in [3.05, 3.63) is 32.6 Å². The molecule has 2 rings (SSSR count). The van der Waals surface area contributed by atoms with Gasteiger partial charge >= 0.3 is 13.3 Å². The Hall–Kier alpha value is -1.31. The number of hydrogen-bond donors (Lipinski definition) is 2. The number of aliphatic hydroxyl groups excluding tert-OH is 1. The minimum Gasteiger partial charge on any atom is -0.440 e. The van der Waals surface area contributed by atoms with E-state index in [2.05, 4.69) is 4.98 Å². The second-order valence-electron chi connectivity index (χ2n) is 7.06. The van der Waals surface area contributed by atoms with Crippen molar-refractivity contribution in [1.82, 2.24) is 9.55 Å². The molecule has 1 aliphatic rings. The number of aromatic amines is 1. The van der Waals surface area contributed by atoms with E-state index < -0.39 is 49.2 Å². The summed E-state index contributed by atoms with van der Waals surface area (Å²) in [5, 5.41) is 10.6. The van der Waals surface area contributed by atoms with Gasteiger partial charge in [-0.15, -0.1) is 0 Å². The van der Waals surface area contributed by atoms with Crippen LogP contribution in [0.15, 0.2) is 15.8 Å². The zero-order chi connectivity index (χ0) is 23.9. The van der Waals surface area contributed by atoms with Gasteiger partial charge in [-0.1, -0.05) is 0 Å². The molecule has 14 heteroatoms. The van der Waals surface area contributed by atoms with E-state index >= 15 is 0 Å². The molecular weight excluding hydrogens is 446 g/mol. The molecule has 0 spiro atoms. The van der Waals surface area contributed by atoms with Gasteiger partial charge in [0, 0.05) is 25.3 Å². The van der Waals surface area contributed by atoms with Crippen LogP contribution in [-0.2, 0) is 32.5 Å². The van der Waals surface area contributed by atoms with Crippen LogP contribution in [0, 0.1) is 6.92 Å². The normalized spacial score (nSPS) is 24.7. The molecule has 0 aromatic carbocycles. The zero-order valence-electron chi connectivity index (χ0n) is 18.6. The highest BCUT2D eigenvalue weighted by molar-refractivity contribution is 7.54. The predicted molar refractivity (Wildman–Crippen MR) is 114 cm³/mol. The first-order chi connectivity index (χ1) is 15.2. The van der Waals surface area contributed by atoms with Gasteiger partial charge in [0.1, 0.15) is 6.10 Å². The first kappa shape index (κ1) is 26.9. The number of nitrogens with one attached hydrogen (secondary N) is 1. The molecule has 1 saturated heterocycles. The topological polar surface area (TPSA) is 148 Å². The number of hydrogen-bond acceptors (Lipinski definition) is 10. The average Bonchev–Trinajstić information content (AvgIpc) is 3.08. The summed E-state index contributed by atoms with van der Waals surface area (Å²) < 4.78 is 46.3. The van der Waals surface area contributed by atoms with E-state index in [1.807, 2.05) is 0 Å². The van der Waals surface area contributed by atoms with Gasteiger partial charge in [-0.05, 0) is 20.8 Å². The summed E-state index contributed by atoms with van der Waals surface area (Å²) in [6.45, 7) is 5.28. The van der Waals surface area contributed by atoms with E-state index in [0.29, 0.717) is 0 Å². The molecule has 5 atom stereocenters. The van der Waals surface area contributed by atoms with Gasteiger partial charge in [0.05, 0.1) is 38.6 Å². The Morgan fingerprint density at radius 1 is 1.25 bits per heavy atom. The highest BCUT2D eigenvalue weighted by Gasteiger charge is 2.49. The molecule has 1 fully saturated rings. The number of nitrogens with zero attached hydrogens (tertiary/aromatic N) is 1. The van der Waals surface area contributed by atoms with Crippen LogP contribution >= 0.6 is 7.60 Å². The molecule has 1 aromatic heterocycles. The van der Waals surface area contributed by atoms with Crippen molar-refractivity contribution in [1.29, 1.82) is 0 Å². The van der Waals surface area contributed by atoms with Crippen molar-refractivity contribution in [3.63, 3.8) is 0 Å². The van der Waals surface area contributed by atoms with Crippen LogP contribution in [0.25, 0.3) is 0 Å². The molecule has 0 bridgehead atoms. The van der Waals surface area contributed by atoms with Crippen LogP contribution in [0.3, 0.4) is 0 Å². The minimum absolute atomic E-state index is 0.0636. The summed E-state index contributed by atoms with van der Waals surface area (Å²) in [7, 11) is 3.14. The smallest absolute Gasteiger partial charge is 0.358 e. The molecule has 0 aliphatic carbocycles. The Kier molecular flexibility index (Phi) is 10.3. The van der Waals surface area contributed by atoms with Gasteiger partial charge in [0.15, 0.2) is 12.1 Å². The van der Waals surface area contributed by atoms with Crippen LogP contribution < -0.4 is 11.2 Å². The Balaban J connectivity index is 2.36. The van der Waals surface area contributed by atoms with E-state index in [-0.39, 0.29) is 38.4 Å². The molecule has 2 N–H and O–H groups in total. The Morgan fingerprint density at radius 3 is 2.47 bits per heavy atom. The van der Waals surface area contributed by atoms with Crippen LogP contribution in [-0.4, -0.2) is 80.4 Å². The Labute approximate surface area is 187 Å². The van der Waals surface area contributed by atoms with Crippen molar-refractivity contribution in [3.8, 4) is 0 Å². The first-order valence-corrected chi connectivity index (χ1v) is 11.8. The standard InChI is InChI=1S/C18H30BN2O10P/c1-5-28-32(25,29-6-2)13(22)9-12-14(31-19)15(27-8-7-26-4)17(30-12)21-10-11(3)16(23)20-18(21)24/h10,12-15,17,22H,5-9H2,1-4H3,(H,20,23,24)/t12?,13?,14-,15-,17-/m1/s1. The second-order valence-corrected chi connectivity index (χ2v) is 9.26. The van der Waals surface area contributed by atoms with Gasteiger partial charge in [-0.3, -0.25) is 18.9 Å². The van der Waals surface area contributed by atoms with Crippen molar-refractivity contribution < 1.29 is 37.6 Å². The fourth-order valence-electron chi connectivity index (χ4n) is 3.41. The molecule has 2 heterocycles. The summed E-state index contributed by atoms with van der Waals surface area (Å²) in [6.07, 6.45) is -2.77. The van der Waals surface area contributed by atoms with Crippen molar-refractivity contribution in [2.75, 3.05) is 33.5 Å². The highest BCUT2D eigenvalue weighted by atomic mass is 31.2. The van der Waals surface area contributed by atoms with Crippen LogP contribution in [0.5, 0.6) is 0 Å². The Bertz CT molecular complexity index is 883. The number of aryl methyl sites for hydroxylation is 1. The fourth-order valence-corrected chi connectivity index (χ4v) is 5.02. The van der Waals surface area contributed by atoms with Gasteiger partial charge in [-0.2, -0.15) is 0 Å². The summed E-state index contributed by atoms with van der Waals surface area (Å²) in [4.78, 5) is 26.4. The molecule has 2 radical (unpaired) electrons. The summed E-state index contributed by atoms with van der Waals surface area (Å²) >= 11 is 0. The maximum atomic E-state index is 12.9. The van der Waals surface area contributed by atoms with E-state index in [0.717, 1.165) is 4.57 Å². The number of ether oxygens (including phenoxy) is 3. The third-order valence-corrected chi connectivity index (χ3v) is 7.06. The van der Waals surface area contributed by atoms with Crippen LogP contribution in [0.4, 0.5) is 0 Å². The number of aromatic nitrogens is 2. The summed E-state index contributed by atoms with van der Waals surface area (Å²) in [5.41, 5.74) is -0.985. The molecule has 0 amide bonds. The van der Waals surface area contributed by atoms with Crippen molar-refractivity contribution in [2.45, 2.75) is 57.6 Å². The predicted octanol–water partition coefficient (Wildman–Crippen LogP) is 0.217. The average molecular weight is 476 g/mol. The van der Waals surface area contributed by atoms with Gasteiger partial charge < -0.3 is 33.0 Å². The summed E-state index contributed by atoms with van der Waals surface area (Å²) in [5.74, 6) is -1.54. The molecule has 32 heavy (non-hydrogen) atoms. The van der Waals surface area contributed by atoms with Gasteiger partial charge in [0.2, 0.25) is 0 Å². The van der Waals surface area contributed by atoms with Crippen LogP contribution in [0.2, 0.25) is 0 Å². The molecular formula is C18H30BN2O10P. The SMILES string of the molecule is [B]O[C@@H]1C(CC(O)P(=O)(OCC)OCC)O[C@@H](n2cc(C)c(=O)[nH]c2=O)[C@@H]1OCCOC. The Morgan fingerprint density at radius 2 is 1.91 bits per heavy atom. The van der Waals surface area contributed by atoms with Crippen LogP contribution in [0.1, 0.15) is 32.1 Å². The van der Waals surface area contributed by atoms with Crippen molar-refractivity contribution >= 4 is 15.6 Å². The van der Waals surface area contributed by atoms with E-state index in [4.69, 9.17) is 36.0 Å². The molecule has 180 valence electrons. The lowest BCUT2D eigenvalue weighted by molar-refractivity contribution is -0.0794. The number of methoxy groups -OCH3 is 1. The van der Waals surface area contributed by atoms with E-state index in [9.17, 15) is 19.3 Å². The van der Waals surface area contributed by atoms with E-state index in [1.54, 1.807) is 13.8 Å². The number of rotatable bonds is 13. The van der Waals surface area contributed by atoms with E-state index in [1.165, 1.54) is 20.2 Å². The molecule has 1 aromatic rings. The van der Waals surface area contributed by atoms with Crippen molar-refractivity contribution in [2.24, 2.45) is 0 Å². The third-order valence-electron chi connectivity index (χ3n) is 4.89. The number of H-pyrrole nitrogens is 1. The maximum Gasteiger partial charge on any atom is 0.358 e. The second kappa shape index (κ2) is 12.2. The quantitative estimate of drug-likeness (QED) is 0.230. The lowest BCUT2D eigenvalue weighted by Gasteiger charge is -2.27.